The van der Waals surface area contributed by atoms with Gasteiger partial charge in [-0.2, -0.15) is 0 Å². The number of rotatable bonds is 5. The van der Waals surface area contributed by atoms with Crippen LogP contribution >= 0.6 is 11.3 Å². The molecule has 11 heteroatoms. The molecule has 2 N–H and O–H groups in total. The van der Waals surface area contributed by atoms with Crippen molar-refractivity contribution in [2.45, 2.75) is 29.2 Å². The minimum absolute atomic E-state index is 0.0554. The number of sulfone groups is 1. The third-order valence-corrected chi connectivity index (χ3v) is 9.59. The van der Waals surface area contributed by atoms with Crippen LogP contribution in [0.3, 0.4) is 0 Å². The van der Waals surface area contributed by atoms with Crippen molar-refractivity contribution in [1.82, 2.24) is 10.3 Å². The highest BCUT2D eigenvalue weighted by atomic mass is 32.2. The molecule has 0 atom stereocenters. The first-order chi connectivity index (χ1) is 18.8. The number of thiazole rings is 1. The summed E-state index contributed by atoms with van der Waals surface area (Å²) in [6, 6.07) is 17.8. The van der Waals surface area contributed by atoms with E-state index in [1.54, 1.807) is 23.2 Å². The maximum Gasteiger partial charge on any atom is 0.257 e. The van der Waals surface area contributed by atoms with Crippen molar-refractivity contribution < 1.29 is 22.8 Å². The highest BCUT2D eigenvalue weighted by Gasteiger charge is 2.31. The Labute approximate surface area is 228 Å². The van der Waals surface area contributed by atoms with Crippen LogP contribution in [-0.2, 0) is 21.2 Å². The zero-order chi connectivity index (χ0) is 27.1. The summed E-state index contributed by atoms with van der Waals surface area (Å²) in [4.78, 5) is 44.5. The van der Waals surface area contributed by atoms with Crippen LogP contribution in [0.1, 0.15) is 38.4 Å². The molecule has 2 aliphatic rings. The molecule has 0 radical (unpaired) electrons. The van der Waals surface area contributed by atoms with Crippen LogP contribution in [0.2, 0.25) is 0 Å². The van der Waals surface area contributed by atoms with Gasteiger partial charge in [-0.15, -0.1) is 11.3 Å². The van der Waals surface area contributed by atoms with Gasteiger partial charge in [-0.1, -0.05) is 12.1 Å². The fourth-order valence-electron chi connectivity index (χ4n) is 4.70. The van der Waals surface area contributed by atoms with E-state index >= 15 is 0 Å². The van der Waals surface area contributed by atoms with Gasteiger partial charge in [0.25, 0.3) is 11.8 Å². The van der Waals surface area contributed by atoms with Crippen molar-refractivity contribution in [1.29, 1.82) is 0 Å². The smallest absolute Gasteiger partial charge is 0.257 e. The van der Waals surface area contributed by atoms with E-state index in [0.717, 1.165) is 34.1 Å². The van der Waals surface area contributed by atoms with Crippen molar-refractivity contribution in [2.75, 3.05) is 16.8 Å². The molecule has 2 aliphatic heterocycles. The van der Waals surface area contributed by atoms with E-state index in [9.17, 15) is 22.8 Å². The fraction of sp³-hybridized carbons (Fsp3) is 0.143. The van der Waals surface area contributed by atoms with Gasteiger partial charge in [-0.05, 0) is 61.0 Å². The second kappa shape index (κ2) is 9.75. The molecule has 3 heterocycles. The molecule has 0 spiro atoms. The number of amides is 3. The molecule has 196 valence electrons. The third-order valence-electron chi connectivity index (χ3n) is 6.68. The van der Waals surface area contributed by atoms with E-state index in [1.165, 1.54) is 41.7 Å². The van der Waals surface area contributed by atoms with E-state index < -0.39 is 21.7 Å². The summed E-state index contributed by atoms with van der Waals surface area (Å²) in [5.41, 5.74) is 2.12. The number of benzene rings is 3. The molecule has 1 aromatic heterocycles. The zero-order valence-electron chi connectivity index (χ0n) is 20.5. The number of nitrogens with zero attached hydrogens (tertiary/aromatic N) is 2. The highest BCUT2D eigenvalue weighted by Crippen LogP contribution is 2.34. The molecule has 39 heavy (non-hydrogen) atoms. The monoisotopic (exact) mass is 558 g/mol. The molecule has 4 aromatic rings. The van der Waals surface area contributed by atoms with Crippen LogP contribution in [0.15, 0.2) is 82.7 Å². The predicted molar refractivity (Wildman–Crippen MR) is 147 cm³/mol. The van der Waals surface area contributed by atoms with Gasteiger partial charge in [0.15, 0.2) is 0 Å². The summed E-state index contributed by atoms with van der Waals surface area (Å²) in [6.07, 6.45) is 3.14. The maximum atomic E-state index is 13.2. The second-order valence-electron chi connectivity index (χ2n) is 9.17. The summed E-state index contributed by atoms with van der Waals surface area (Å²) in [6.45, 7) is 0.962. The van der Waals surface area contributed by atoms with Gasteiger partial charge in [0.1, 0.15) is 5.01 Å². The van der Waals surface area contributed by atoms with E-state index in [-0.39, 0.29) is 39.1 Å². The average Bonchev–Trinajstić information content (AvgIpc) is 3.59. The Morgan fingerprint density at radius 3 is 2.59 bits per heavy atom. The molecule has 1 fully saturated rings. The second-order valence-corrected chi connectivity index (χ2v) is 12.2. The predicted octanol–water partition coefficient (Wildman–Crippen LogP) is 4.27. The lowest BCUT2D eigenvalue weighted by Crippen LogP contribution is -2.23. The molecular weight excluding hydrogens is 536 g/mol. The van der Waals surface area contributed by atoms with Gasteiger partial charge in [0.05, 0.1) is 27.6 Å². The molecule has 6 rings (SSSR count). The summed E-state index contributed by atoms with van der Waals surface area (Å²) in [5.74, 6) is -0.831. The van der Waals surface area contributed by atoms with Gasteiger partial charge >= 0.3 is 0 Å². The topological polar surface area (TPSA) is 126 Å². The molecule has 0 bridgehead atoms. The highest BCUT2D eigenvalue weighted by molar-refractivity contribution is 7.91. The number of aromatic nitrogens is 1. The van der Waals surface area contributed by atoms with Crippen LogP contribution in [-0.4, -0.2) is 37.7 Å². The number of carbonyl (C=O) groups is 3. The van der Waals surface area contributed by atoms with Crippen molar-refractivity contribution >= 4 is 50.3 Å². The first kappa shape index (κ1) is 25.0. The van der Waals surface area contributed by atoms with E-state index in [2.05, 4.69) is 15.6 Å². The van der Waals surface area contributed by atoms with Gasteiger partial charge in [-0.25, -0.2) is 13.4 Å². The van der Waals surface area contributed by atoms with Crippen molar-refractivity contribution in [2.24, 2.45) is 0 Å². The number of fused-ring (bicyclic) bond motifs is 2. The Bertz CT molecular complexity index is 1750. The molecule has 9 nitrogen and oxygen atoms in total. The average molecular weight is 559 g/mol. The summed E-state index contributed by atoms with van der Waals surface area (Å²) in [7, 11) is -3.94. The lowest BCUT2D eigenvalue weighted by atomic mass is 10.1. The number of carbonyl (C=O) groups excluding carboxylic acids is 3. The Balaban J connectivity index is 1.15. The number of anilines is 2. The Morgan fingerprint density at radius 2 is 1.82 bits per heavy atom. The minimum Gasteiger partial charge on any atom is -0.347 e. The minimum atomic E-state index is -3.94. The summed E-state index contributed by atoms with van der Waals surface area (Å²) >= 11 is 1.44. The molecule has 0 aliphatic carbocycles. The third kappa shape index (κ3) is 4.59. The molecule has 3 aromatic carbocycles. The maximum absolute atomic E-state index is 13.2. The van der Waals surface area contributed by atoms with Crippen LogP contribution in [0.25, 0.3) is 10.6 Å². The van der Waals surface area contributed by atoms with Crippen LogP contribution in [0.5, 0.6) is 0 Å². The summed E-state index contributed by atoms with van der Waals surface area (Å²) in [5, 5.41) is 6.24. The van der Waals surface area contributed by atoms with Crippen LogP contribution < -0.4 is 15.5 Å². The van der Waals surface area contributed by atoms with Gasteiger partial charge in [-0.3, -0.25) is 14.4 Å². The number of hydrogen-bond donors (Lipinski definition) is 2. The molecule has 0 unspecified atom stereocenters. The molecule has 1 saturated heterocycles. The van der Waals surface area contributed by atoms with Crippen molar-refractivity contribution in [3.63, 3.8) is 0 Å². The Kier molecular flexibility index (Phi) is 6.24. The SMILES string of the molecule is O=C(NCc1cnc(-c2ccc(N3CCCC3=O)cc2)s1)c1ccc2c(c1)NC(=O)c1ccccc1S2(=O)=O. The van der Waals surface area contributed by atoms with E-state index in [0.29, 0.717) is 6.42 Å². The summed E-state index contributed by atoms with van der Waals surface area (Å²) < 4.78 is 26.3. The standard InChI is InChI=1S/C28H22N4O5S2/c33-25-6-3-13-32(25)19-10-7-17(8-11-19)28-30-16-20(38-28)15-29-26(34)18-9-12-24-22(14-18)31-27(35)21-4-1-2-5-23(21)39(24,36)37/h1-2,4-5,7-12,14,16H,3,6,13,15H2,(H,29,34)(H,31,35). The Morgan fingerprint density at radius 1 is 1.03 bits per heavy atom. The number of hydrogen-bond acceptors (Lipinski definition) is 7. The lowest BCUT2D eigenvalue weighted by molar-refractivity contribution is -0.117. The van der Waals surface area contributed by atoms with Gasteiger partial charge in [0, 0.05) is 40.9 Å². The Hall–Kier alpha value is -4.35. The van der Waals surface area contributed by atoms with Crippen molar-refractivity contribution in [3.05, 3.63) is 88.9 Å². The number of nitrogens with one attached hydrogen (secondary N) is 2. The largest absolute Gasteiger partial charge is 0.347 e. The zero-order valence-corrected chi connectivity index (χ0v) is 22.1. The first-order valence-electron chi connectivity index (χ1n) is 12.2. The first-order valence-corrected chi connectivity index (χ1v) is 14.5. The normalized spacial score (nSPS) is 15.7. The molecular formula is C28H22N4O5S2. The van der Waals surface area contributed by atoms with E-state index in [1.807, 2.05) is 24.3 Å². The van der Waals surface area contributed by atoms with Gasteiger partial charge in [0.2, 0.25) is 15.7 Å². The van der Waals surface area contributed by atoms with Crippen LogP contribution in [0.4, 0.5) is 11.4 Å². The van der Waals surface area contributed by atoms with Crippen molar-refractivity contribution in [3.8, 4) is 10.6 Å². The fourth-order valence-corrected chi connectivity index (χ4v) is 7.15. The van der Waals surface area contributed by atoms with E-state index in [4.69, 9.17) is 0 Å². The van der Waals surface area contributed by atoms with Gasteiger partial charge < -0.3 is 15.5 Å². The molecule has 0 saturated carbocycles. The molecule has 3 amide bonds. The lowest BCUT2D eigenvalue weighted by Gasteiger charge is -2.15. The quantitative estimate of drug-likeness (QED) is 0.377. The van der Waals surface area contributed by atoms with Crippen LogP contribution in [0, 0.1) is 0 Å².